The summed E-state index contributed by atoms with van der Waals surface area (Å²) in [7, 11) is 1.73. The van der Waals surface area contributed by atoms with Gasteiger partial charge in [-0.1, -0.05) is 35.9 Å². The molecule has 7 heteroatoms. The van der Waals surface area contributed by atoms with Crippen molar-refractivity contribution in [1.29, 1.82) is 0 Å². The van der Waals surface area contributed by atoms with Crippen molar-refractivity contribution in [2.45, 2.75) is 19.4 Å². The summed E-state index contributed by atoms with van der Waals surface area (Å²) >= 11 is 0. The van der Waals surface area contributed by atoms with Gasteiger partial charge in [0.15, 0.2) is 5.96 Å². The topological polar surface area (TPSA) is 74.8 Å². The lowest BCUT2D eigenvalue weighted by atomic mass is 10.1. The number of hydrogen-bond donors (Lipinski definition) is 3. The van der Waals surface area contributed by atoms with Crippen LogP contribution < -0.4 is 20.7 Å². The average molecular weight is 494 g/mol. The number of fused-ring (bicyclic) bond motifs is 1. The summed E-state index contributed by atoms with van der Waals surface area (Å²) in [5.41, 5.74) is 2.99. The van der Waals surface area contributed by atoms with Crippen molar-refractivity contribution in [3.63, 3.8) is 0 Å². The first-order valence-corrected chi connectivity index (χ1v) is 9.19. The highest BCUT2D eigenvalue weighted by Crippen LogP contribution is 2.27. The Balaban J connectivity index is 0.00000280. The molecule has 0 spiro atoms. The van der Waals surface area contributed by atoms with Gasteiger partial charge in [0.2, 0.25) is 0 Å². The summed E-state index contributed by atoms with van der Waals surface area (Å²) < 4.78 is 5.92. The van der Waals surface area contributed by atoms with Crippen molar-refractivity contribution < 1.29 is 9.53 Å². The molecular weight excluding hydrogens is 467 g/mol. The maximum atomic E-state index is 12.1. The van der Waals surface area contributed by atoms with E-state index in [-0.39, 0.29) is 36.0 Å². The van der Waals surface area contributed by atoms with Gasteiger partial charge in [-0.25, -0.2) is 0 Å². The number of para-hydroxylation sites is 1. The van der Waals surface area contributed by atoms with Crippen molar-refractivity contribution in [2.24, 2.45) is 4.99 Å². The Labute approximate surface area is 183 Å². The van der Waals surface area contributed by atoms with Crippen LogP contribution in [0, 0.1) is 6.92 Å². The molecule has 1 aliphatic heterocycles. The number of aryl methyl sites for hydroxylation is 1. The van der Waals surface area contributed by atoms with E-state index in [1.165, 1.54) is 5.56 Å². The van der Waals surface area contributed by atoms with Crippen LogP contribution in [-0.2, 0) is 6.42 Å². The van der Waals surface area contributed by atoms with Gasteiger partial charge in [-0.3, -0.25) is 9.79 Å². The number of rotatable bonds is 6. The molecule has 28 heavy (non-hydrogen) atoms. The molecule has 0 saturated heterocycles. The van der Waals surface area contributed by atoms with Crippen LogP contribution in [-0.4, -0.2) is 44.7 Å². The predicted octanol–water partition coefficient (Wildman–Crippen LogP) is 2.51. The fourth-order valence-electron chi connectivity index (χ4n) is 3.04. The van der Waals surface area contributed by atoms with Gasteiger partial charge in [0.25, 0.3) is 5.91 Å². The Hall–Kier alpha value is -2.29. The molecule has 150 valence electrons. The number of aliphatic imine (C=N–C) groups is 1. The number of carbonyl (C=O) groups is 1. The molecule has 0 fully saturated rings. The average Bonchev–Trinajstić information content (AvgIpc) is 3.10. The number of nitrogens with zero attached hydrogens (tertiary/aromatic N) is 1. The van der Waals surface area contributed by atoms with Crippen molar-refractivity contribution in [3.8, 4) is 5.75 Å². The van der Waals surface area contributed by atoms with Gasteiger partial charge in [-0.2, -0.15) is 0 Å². The minimum Gasteiger partial charge on any atom is -0.488 e. The van der Waals surface area contributed by atoms with Gasteiger partial charge < -0.3 is 20.7 Å². The largest absolute Gasteiger partial charge is 0.488 e. The number of carbonyl (C=O) groups excluding carboxylic acids is 1. The van der Waals surface area contributed by atoms with E-state index in [4.69, 9.17) is 4.74 Å². The van der Waals surface area contributed by atoms with Gasteiger partial charge in [-0.15, -0.1) is 24.0 Å². The highest BCUT2D eigenvalue weighted by atomic mass is 127. The fourth-order valence-corrected chi connectivity index (χ4v) is 3.04. The Morgan fingerprint density at radius 3 is 2.64 bits per heavy atom. The zero-order valence-electron chi connectivity index (χ0n) is 16.2. The number of amides is 1. The second-order valence-electron chi connectivity index (χ2n) is 6.56. The number of guanidine groups is 1. The van der Waals surface area contributed by atoms with E-state index in [1.807, 2.05) is 49.4 Å². The summed E-state index contributed by atoms with van der Waals surface area (Å²) in [5, 5.41) is 9.38. The molecule has 3 N–H and O–H groups in total. The maximum absolute atomic E-state index is 12.1. The Morgan fingerprint density at radius 2 is 1.89 bits per heavy atom. The van der Waals surface area contributed by atoms with Crippen LogP contribution in [0.5, 0.6) is 5.75 Å². The Morgan fingerprint density at radius 1 is 1.11 bits per heavy atom. The first kappa shape index (κ1) is 22.0. The van der Waals surface area contributed by atoms with E-state index in [9.17, 15) is 4.79 Å². The van der Waals surface area contributed by atoms with Gasteiger partial charge in [-0.05, 0) is 30.7 Å². The fraction of sp³-hybridized carbons (Fsp3) is 0.333. The standard InChI is InChI=1S/C21H26N4O2.HI/c1-15-6-5-8-17(12-15)20(26)23-10-11-24-21(22-2)25-14-18-13-16-7-3-4-9-19(16)27-18;/h3-9,12,18H,10-11,13-14H2,1-2H3,(H,23,26)(H2,22,24,25);1H. The monoisotopic (exact) mass is 494 g/mol. The van der Waals surface area contributed by atoms with Gasteiger partial charge in [0, 0.05) is 32.1 Å². The molecular formula is C21H27IN4O2. The zero-order chi connectivity index (χ0) is 19.1. The van der Waals surface area contributed by atoms with Crippen LogP contribution in [0.25, 0.3) is 0 Å². The summed E-state index contributed by atoms with van der Waals surface area (Å²) in [6.07, 6.45) is 0.995. The van der Waals surface area contributed by atoms with Crippen LogP contribution in [0.2, 0.25) is 0 Å². The number of nitrogens with one attached hydrogen (secondary N) is 3. The molecule has 1 aliphatic rings. The van der Waals surface area contributed by atoms with Crippen molar-refractivity contribution >= 4 is 35.8 Å². The van der Waals surface area contributed by atoms with Crippen LogP contribution in [0.15, 0.2) is 53.5 Å². The number of halogens is 1. The van der Waals surface area contributed by atoms with Crippen LogP contribution in [0.1, 0.15) is 21.5 Å². The van der Waals surface area contributed by atoms with E-state index >= 15 is 0 Å². The minimum atomic E-state index is -0.0689. The van der Waals surface area contributed by atoms with E-state index < -0.39 is 0 Å². The highest BCUT2D eigenvalue weighted by Gasteiger charge is 2.22. The normalized spacial score (nSPS) is 15.1. The quantitative estimate of drug-likeness (QED) is 0.250. The van der Waals surface area contributed by atoms with E-state index in [0.29, 0.717) is 31.2 Å². The third kappa shape index (κ3) is 6.12. The molecule has 0 saturated carbocycles. The second-order valence-corrected chi connectivity index (χ2v) is 6.56. The minimum absolute atomic E-state index is 0. The lowest BCUT2D eigenvalue weighted by molar-refractivity contribution is 0.0954. The lowest BCUT2D eigenvalue weighted by Gasteiger charge is -2.15. The number of benzene rings is 2. The van der Waals surface area contributed by atoms with Crippen molar-refractivity contribution in [2.75, 3.05) is 26.7 Å². The molecule has 3 rings (SSSR count). The molecule has 0 aliphatic carbocycles. The number of hydrogen-bond acceptors (Lipinski definition) is 3. The molecule has 1 amide bonds. The molecule has 0 radical (unpaired) electrons. The summed E-state index contributed by atoms with van der Waals surface area (Å²) in [4.78, 5) is 16.3. The van der Waals surface area contributed by atoms with E-state index in [2.05, 4.69) is 27.0 Å². The second kappa shape index (κ2) is 10.9. The molecule has 1 unspecified atom stereocenters. The Kier molecular flexibility index (Phi) is 8.56. The smallest absolute Gasteiger partial charge is 0.251 e. The van der Waals surface area contributed by atoms with Gasteiger partial charge in [0.05, 0.1) is 6.54 Å². The van der Waals surface area contributed by atoms with Crippen LogP contribution in [0.3, 0.4) is 0 Å². The van der Waals surface area contributed by atoms with Crippen molar-refractivity contribution in [1.82, 2.24) is 16.0 Å². The van der Waals surface area contributed by atoms with E-state index in [0.717, 1.165) is 17.7 Å². The molecule has 1 atom stereocenters. The summed E-state index contributed by atoms with van der Waals surface area (Å²) in [5.74, 6) is 1.59. The first-order valence-electron chi connectivity index (χ1n) is 9.19. The highest BCUT2D eigenvalue weighted by molar-refractivity contribution is 14.0. The molecule has 0 bridgehead atoms. The third-order valence-electron chi connectivity index (χ3n) is 4.42. The molecule has 6 nitrogen and oxygen atoms in total. The Bertz CT molecular complexity index is 801. The molecule has 1 heterocycles. The first-order chi connectivity index (χ1) is 13.2. The third-order valence-corrected chi connectivity index (χ3v) is 4.42. The van der Waals surface area contributed by atoms with Crippen molar-refractivity contribution in [3.05, 3.63) is 65.2 Å². The number of ether oxygens (including phenoxy) is 1. The van der Waals surface area contributed by atoms with Crippen LogP contribution >= 0.6 is 24.0 Å². The van der Waals surface area contributed by atoms with E-state index in [1.54, 1.807) is 7.05 Å². The summed E-state index contributed by atoms with van der Waals surface area (Å²) in [6, 6.07) is 15.7. The predicted molar refractivity (Wildman–Crippen MR) is 123 cm³/mol. The maximum Gasteiger partial charge on any atom is 0.251 e. The SMILES string of the molecule is CN=C(NCCNC(=O)c1cccc(C)c1)NCC1Cc2ccccc2O1.I. The van der Waals surface area contributed by atoms with Gasteiger partial charge >= 0.3 is 0 Å². The molecule has 0 aromatic heterocycles. The lowest BCUT2D eigenvalue weighted by Crippen LogP contribution is -2.44. The molecule has 2 aromatic carbocycles. The zero-order valence-corrected chi connectivity index (χ0v) is 18.5. The molecule has 2 aromatic rings. The van der Waals surface area contributed by atoms with Crippen LogP contribution in [0.4, 0.5) is 0 Å². The van der Waals surface area contributed by atoms with Gasteiger partial charge in [0.1, 0.15) is 11.9 Å². The summed E-state index contributed by atoms with van der Waals surface area (Å²) in [6.45, 7) is 3.74.